The van der Waals surface area contributed by atoms with E-state index < -0.39 is 0 Å². The van der Waals surface area contributed by atoms with Crippen LogP contribution in [-0.2, 0) is 4.74 Å². The molecule has 14 heavy (non-hydrogen) atoms. The molecule has 0 amide bonds. The van der Waals surface area contributed by atoms with Crippen molar-refractivity contribution in [2.75, 3.05) is 20.2 Å². The first-order chi connectivity index (χ1) is 6.60. The fourth-order valence-electron chi connectivity index (χ4n) is 2.43. The molecule has 1 unspecified atom stereocenters. The van der Waals surface area contributed by atoms with E-state index in [1.807, 2.05) is 0 Å². The van der Waals surface area contributed by atoms with Gasteiger partial charge in [-0.15, -0.1) is 0 Å². The van der Waals surface area contributed by atoms with Crippen LogP contribution in [0.25, 0.3) is 0 Å². The Morgan fingerprint density at radius 1 is 1.43 bits per heavy atom. The van der Waals surface area contributed by atoms with Crippen LogP contribution in [0.5, 0.6) is 0 Å². The lowest BCUT2D eigenvalue weighted by Gasteiger charge is -2.36. The summed E-state index contributed by atoms with van der Waals surface area (Å²) in [4.78, 5) is 2.50. The van der Waals surface area contributed by atoms with Gasteiger partial charge in [0.05, 0.1) is 12.7 Å². The fourth-order valence-corrected chi connectivity index (χ4v) is 2.43. The fraction of sp³-hybridized carbons (Fsp3) is 1.00. The Balaban J connectivity index is 2.52. The average molecular weight is 199 g/mol. The SMILES string of the molecule is CCCC1(COC(C)C)CCCN1C. The molecule has 0 spiro atoms. The third kappa shape index (κ3) is 2.71. The Morgan fingerprint density at radius 2 is 2.14 bits per heavy atom. The van der Waals surface area contributed by atoms with Crippen molar-refractivity contribution in [2.24, 2.45) is 0 Å². The van der Waals surface area contributed by atoms with E-state index in [0.717, 1.165) is 6.61 Å². The third-order valence-corrected chi connectivity index (χ3v) is 3.35. The normalized spacial score (nSPS) is 28.9. The lowest BCUT2D eigenvalue weighted by Crippen LogP contribution is -2.45. The van der Waals surface area contributed by atoms with Crippen LogP contribution in [0.1, 0.15) is 46.5 Å². The molecule has 0 aliphatic carbocycles. The van der Waals surface area contributed by atoms with E-state index in [1.165, 1.54) is 32.2 Å². The van der Waals surface area contributed by atoms with E-state index in [-0.39, 0.29) is 0 Å². The number of likely N-dealkylation sites (tertiary alicyclic amines) is 1. The second-order valence-electron chi connectivity index (χ2n) is 4.86. The summed E-state index contributed by atoms with van der Waals surface area (Å²) in [7, 11) is 2.24. The van der Waals surface area contributed by atoms with Crippen LogP contribution in [0, 0.1) is 0 Å². The molecule has 0 aromatic rings. The van der Waals surface area contributed by atoms with Crippen molar-refractivity contribution < 1.29 is 4.74 Å². The van der Waals surface area contributed by atoms with Crippen molar-refractivity contribution in [3.8, 4) is 0 Å². The van der Waals surface area contributed by atoms with E-state index in [1.54, 1.807) is 0 Å². The minimum Gasteiger partial charge on any atom is -0.377 e. The zero-order chi connectivity index (χ0) is 10.6. The van der Waals surface area contributed by atoms with Crippen molar-refractivity contribution in [3.63, 3.8) is 0 Å². The molecule has 1 rings (SSSR count). The van der Waals surface area contributed by atoms with E-state index >= 15 is 0 Å². The van der Waals surface area contributed by atoms with Gasteiger partial charge in [0, 0.05) is 5.54 Å². The summed E-state index contributed by atoms with van der Waals surface area (Å²) >= 11 is 0. The summed E-state index contributed by atoms with van der Waals surface area (Å²) in [6.07, 6.45) is 5.53. The zero-order valence-corrected chi connectivity index (χ0v) is 10.2. The van der Waals surface area contributed by atoms with Crippen LogP contribution in [0.2, 0.25) is 0 Å². The van der Waals surface area contributed by atoms with Gasteiger partial charge < -0.3 is 4.74 Å². The topological polar surface area (TPSA) is 12.5 Å². The van der Waals surface area contributed by atoms with E-state index in [0.29, 0.717) is 11.6 Å². The number of likely N-dealkylation sites (N-methyl/N-ethyl adjacent to an activating group) is 1. The molecule has 0 radical (unpaired) electrons. The van der Waals surface area contributed by atoms with Crippen LogP contribution in [0.15, 0.2) is 0 Å². The monoisotopic (exact) mass is 199 g/mol. The first kappa shape index (κ1) is 12.0. The smallest absolute Gasteiger partial charge is 0.0653 e. The number of hydrogen-bond acceptors (Lipinski definition) is 2. The molecule has 0 aromatic heterocycles. The van der Waals surface area contributed by atoms with Crippen LogP contribution in [0.4, 0.5) is 0 Å². The zero-order valence-electron chi connectivity index (χ0n) is 10.2. The van der Waals surface area contributed by atoms with E-state index in [9.17, 15) is 0 Å². The van der Waals surface area contributed by atoms with Crippen LogP contribution < -0.4 is 0 Å². The van der Waals surface area contributed by atoms with Gasteiger partial charge in [0.1, 0.15) is 0 Å². The third-order valence-electron chi connectivity index (χ3n) is 3.35. The molecule has 0 N–H and O–H groups in total. The number of hydrogen-bond donors (Lipinski definition) is 0. The Morgan fingerprint density at radius 3 is 2.57 bits per heavy atom. The quantitative estimate of drug-likeness (QED) is 0.675. The second-order valence-corrected chi connectivity index (χ2v) is 4.86. The van der Waals surface area contributed by atoms with Gasteiger partial charge in [0.25, 0.3) is 0 Å². The van der Waals surface area contributed by atoms with E-state index in [2.05, 4.69) is 32.7 Å². The molecule has 1 heterocycles. The predicted octanol–water partition coefficient (Wildman–Crippen LogP) is 2.68. The molecule has 1 aliphatic rings. The summed E-state index contributed by atoms with van der Waals surface area (Å²) in [5, 5.41) is 0. The van der Waals surface area contributed by atoms with Gasteiger partial charge in [-0.1, -0.05) is 13.3 Å². The minimum atomic E-state index is 0.346. The van der Waals surface area contributed by atoms with Crippen molar-refractivity contribution in [1.29, 1.82) is 0 Å². The standard InChI is InChI=1S/C12H25NO/c1-5-7-12(10-14-11(2)3)8-6-9-13(12)4/h11H,5-10H2,1-4H3. The van der Waals surface area contributed by atoms with Crippen LogP contribution in [0.3, 0.4) is 0 Å². The van der Waals surface area contributed by atoms with Gasteiger partial charge in [0.2, 0.25) is 0 Å². The van der Waals surface area contributed by atoms with E-state index in [4.69, 9.17) is 4.74 Å². The van der Waals surface area contributed by atoms with Crippen molar-refractivity contribution >= 4 is 0 Å². The van der Waals surface area contributed by atoms with Crippen molar-refractivity contribution in [2.45, 2.75) is 58.1 Å². The van der Waals surface area contributed by atoms with Crippen molar-refractivity contribution in [1.82, 2.24) is 4.90 Å². The molecule has 1 saturated heterocycles. The minimum absolute atomic E-state index is 0.346. The Kier molecular flexibility index (Phi) is 4.39. The highest BCUT2D eigenvalue weighted by molar-refractivity contribution is 4.93. The Bertz CT molecular complexity index is 170. The van der Waals surface area contributed by atoms with Gasteiger partial charge in [-0.3, -0.25) is 4.90 Å². The Hall–Kier alpha value is -0.0800. The summed E-state index contributed by atoms with van der Waals surface area (Å²) in [6, 6.07) is 0. The second kappa shape index (κ2) is 5.13. The van der Waals surface area contributed by atoms with Gasteiger partial charge in [-0.2, -0.15) is 0 Å². The Labute approximate surface area is 88.6 Å². The van der Waals surface area contributed by atoms with Gasteiger partial charge >= 0.3 is 0 Å². The average Bonchev–Trinajstić information content (AvgIpc) is 2.46. The van der Waals surface area contributed by atoms with Crippen LogP contribution >= 0.6 is 0 Å². The molecule has 1 aliphatic heterocycles. The van der Waals surface area contributed by atoms with Crippen molar-refractivity contribution in [3.05, 3.63) is 0 Å². The lowest BCUT2D eigenvalue weighted by atomic mass is 9.92. The molecule has 0 saturated carbocycles. The van der Waals surface area contributed by atoms with Crippen LogP contribution in [-0.4, -0.2) is 36.7 Å². The molecule has 1 fully saturated rings. The molecule has 0 aromatic carbocycles. The molecule has 84 valence electrons. The summed E-state index contributed by atoms with van der Waals surface area (Å²) in [6.45, 7) is 8.66. The van der Waals surface area contributed by atoms with Gasteiger partial charge in [0.15, 0.2) is 0 Å². The highest BCUT2D eigenvalue weighted by atomic mass is 16.5. The number of nitrogens with zero attached hydrogens (tertiary/aromatic N) is 1. The number of ether oxygens (including phenoxy) is 1. The molecular weight excluding hydrogens is 174 g/mol. The highest BCUT2D eigenvalue weighted by Crippen LogP contribution is 2.32. The maximum atomic E-state index is 5.81. The predicted molar refractivity (Wildman–Crippen MR) is 60.6 cm³/mol. The maximum absolute atomic E-state index is 5.81. The summed E-state index contributed by atoms with van der Waals surface area (Å²) in [5.74, 6) is 0. The molecule has 2 heteroatoms. The maximum Gasteiger partial charge on any atom is 0.0653 e. The molecular formula is C12H25NO. The first-order valence-electron chi connectivity index (χ1n) is 5.93. The lowest BCUT2D eigenvalue weighted by molar-refractivity contribution is -0.00891. The van der Waals surface area contributed by atoms with Gasteiger partial charge in [-0.25, -0.2) is 0 Å². The van der Waals surface area contributed by atoms with Gasteiger partial charge in [-0.05, 0) is 46.7 Å². The molecule has 2 nitrogen and oxygen atoms in total. The summed E-state index contributed by atoms with van der Waals surface area (Å²) < 4.78 is 5.81. The number of rotatable bonds is 5. The molecule has 1 atom stereocenters. The highest BCUT2D eigenvalue weighted by Gasteiger charge is 2.37. The summed E-state index contributed by atoms with van der Waals surface area (Å²) in [5.41, 5.74) is 0.346. The first-order valence-corrected chi connectivity index (χ1v) is 5.93. The molecule has 0 bridgehead atoms. The largest absolute Gasteiger partial charge is 0.377 e.